The number of methoxy groups -OCH3 is 1. The van der Waals surface area contributed by atoms with E-state index in [9.17, 15) is 22.8 Å². The topological polar surface area (TPSA) is 123 Å². The average molecular weight is 762 g/mol. The molecular weight excluding hydrogens is 719 g/mol. The summed E-state index contributed by atoms with van der Waals surface area (Å²) in [6, 6.07) is 13.9. The van der Waals surface area contributed by atoms with Crippen LogP contribution in [-0.2, 0) is 30.9 Å². The second-order valence-electron chi connectivity index (χ2n) is 13.4. The molecule has 54 heavy (non-hydrogen) atoms. The number of alkyl halides is 3. The van der Waals surface area contributed by atoms with Crippen LogP contribution in [0.4, 0.5) is 24.7 Å². The van der Waals surface area contributed by atoms with Crippen molar-refractivity contribution in [1.29, 1.82) is 0 Å². The highest BCUT2D eigenvalue weighted by Crippen LogP contribution is 2.41. The molecule has 2 saturated heterocycles. The number of benzene rings is 2. The predicted molar refractivity (Wildman–Crippen MR) is 205 cm³/mol. The Kier molecular flexibility index (Phi) is 11.3. The Hall–Kier alpha value is -5.01. The summed E-state index contributed by atoms with van der Waals surface area (Å²) in [5.74, 6) is 0.618. The molecule has 1 unspecified atom stereocenters. The van der Waals surface area contributed by atoms with Crippen molar-refractivity contribution in [2.24, 2.45) is 7.05 Å². The van der Waals surface area contributed by atoms with E-state index in [2.05, 4.69) is 32.1 Å². The van der Waals surface area contributed by atoms with Crippen LogP contribution in [0.2, 0.25) is 5.02 Å². The third-order valence-electron chi connectivity index (χ3n) is 10.1. The van der Waals surface area contributed by atoms with E-state index >= 15 is 0 Å². The zero-order chi connectivity index (χ0) is 38.8. The predicted octanol–water partition coefficient (Wildman–Crippen LogP) is 7.93. The molecule has 1 spiro atoms. The van der Waals surface area contributed by atoms with Crippen LogP contribution < -0.4 is 26.2 Å². The van der Waals surface area contributed by atoms with E-state index in [1.165, 1.54) is 18.8 Å². The van der Waals surface area contributed by atoms with Crippen molar-refractivity contribution in [2.75, 3.05) is 25.5 Å². The van der Waals surface area contributed by atoms with E-state index < -0.39 is 17.4 Å². The first kappa shape index (κ1) is 38.7. The lowest BCUT2D eigenvalue weighted by Gasteiger charge is -2.20. The maximum atomic E-state index is 13.7. The molecule has 1 atom stereocenters. The van der Waals surface area contributed by atoms with E-state index in [4.69, 9.17) is 21.3 Å². The Bertz CT molecular complexity index is 2270. The number of carbonyl (C=O) groups excluding carboxylic acids is 1. The van der Waals surface area contributed by atoms with Gasteiger partial charge in [0.2, 0.25) is 11.8 Å². The largest absolute Gasteiger partial charge is 0.481 e. The number of pyridine rings is 2. The number of rotatable bonds is 5. The molecular formula is C40H43ClF3N7O3. The molecule has 3 aliphatic rings. The van der Waals surface area contributed by atoms with Crippen LogP contribution in [0.3, 0.4) is 0 Å². The smallest absolute Gasteiger partial charge is 0.433 e. The molecule has 3 aromatic heterocycles. The fraction of sp³-hybridized carbons (Fsp3) is 0.375. The third-order valence-corrected chi connectivity index (χ3v) is 10.5. The standard InChI is InChI=1S/C31H25ClF3N5O2.C7H12N2O.C2H6/c1-16-19(21-10-5-11-22(27(21)32)24-13-17-7-4-9-20(17)29(38-24)42-3)8-6-12-23(16)37-28-26-18(15-36-40(2)30(26)41)14-25(39-28)31(33,34)35;10-6-1-2-7(9-6)3-4-8-5-7;1-2/h5-6,8,10-15H,4,7,9H2,1-3H3,(H,37,39);8H,1-5H2,(H,9,10);1-2H3. The van der Waals surface area contributed by atoms with Gasteiger partial charge in [0.25, 0.3) is 5.56 Å². The van der Waals surface area contributed by atoms with Crippen molar-refractivity contribution < 1.29 is 22.7 Å². The lowest BCUT2D eigenvalue weighted by atomic mass is 9.96. The summed E-state index contributed by atoms with van der Waals surface area (Å²) in [4.78, 5) is 32.3. The molecule has 2 fully saturated rings. The first-order chi connectivity index (χ1) is 25.9. The molecule has 14 heteroatoms. The van der Waals surface area contributed by atoms with Gasteiger partial charge in [0.15, 0.2) is 0 Å². The minimum atomic E-state index is -4.72. The van der Waals surface area contributed by atoms with Crippen LogP contribution in [-0.4, -0.2) is 51.4 Å². The van der Waals surface area contributed by atoms with Crippen LogP contribution in [0.1, 0.15) is 61.9 Å². The lowest BCUT2D eigenvalue weighted by molar-refractivity contribution is -0.141. The second-order valence-corrected chi connectivity index (χ2v) is 13.8. The van der Waals surface area contributed by atoms with Crippen LogP contribution in [0.15, 0.2) is 59.5 Å². The highest BCUT2D eigenvalue weighted by Gasteiger charge is 2.39. The van der Waals surface area contributed by atoms with Gasteiger partial charge in [-0.3, -0.25) is 9.59 Å². The van der Waals surface area contributed by atoms with Gasteiger partial charge in [0.1, 0.15) is 11.5 Å². The van der Waals surface area contributed by atoms with Crippen molar-refractivity contribution in [1.82, 2.24) is 30.4 Å². The molecule has 2 aromatic carbocycles. The number of hydrogen-bond donors (Lipinski definition) is 3. The SMILES string of the molecule is CC.COc1nc(-c2cccc(-c3cccc(Nc4nc(C(F)(F)F)cc5cnn(C)c(=O)c45)c3C)c2Cl)cc2c1CCC2.O=C1CCC2(CCNC2)N1. The van der Waals surface area contributed by atoms with Gasteiger partial charge < -0.3 is 20.7 Å². The van der Waals surface area contributed by atoms with Gasteiger partial charge in [-0.2, -0.15) is 18.3 Å². The zero-order valence-electron chi connectivity index (χ0n) is 30.9. The highest BCUT2D eigenvalue weighted by molar-refractivity contribution is 6.36. The van der Waals surface area contributed by atoms with E-state index in [-0.39, 0.29) is 28.0 Å². The van der Waals surface area contributed by atoms with Gasteiger partial charge in [0, 0.05) is 47.8 Å². The van der Waals surface area contributed by atoms with Crippen molar-refractivity contribution in [3.63, 3.8) is 0 Å². The fourth-order valence-electron chi connectivity index (χ4n) is 7.31. The summed E-state index contributed by atoms with van der Waals surface area (Å²) >= 11 is 7.01. The number of ether oxygens (including phenoxy) is 1. The summed E-state index contributed by atoms with van der Waals surface area (Å²) in [7, 11) is 3.04. The number of anilines is 2. The molecule has 0 radical (unpaired) electrons. The summed E-state index contributed by atoms with van der Waals surface area (Å²) in [6.07, 6.45) is 2.28. The minimum absolute atomic E-state index is 0.00182. The van der Waals surface area contributed by atoms with Crippen molar-refractivity contribution in [2.45, 2.75) is 71.0 Å². The lowest BCUT2D eigenvalue weighted by Crippen LogP contribution is -2.43. The number of amides is 1. The molecule has 0 bridgehead atoms. The summed E-state index contributed by atoms with van der Waals surface area (Å²) < 4.78 is 47.7. The van der Waals surface area contributed by atoms with Crippen molar-refractivity contribution >= 4 is 39.8 Å². The molecule has 10 nitrogen and oxygen atoms in total. The first-order valence-corrected chi connectivity index (χ1v) is 18.4. The fourth-order valence-corrected chi connectivity index (χ4v) is 7.63. The maximum Gasteiger partial charge on any atom is 0.433 e. The van der Waals surface area contributed by atoms with Crippen LogP contribution in [0.25, 0.3) is 33.2 Å². The number of fused-ring (bicyclic) bond motifs is 2. The monoisotopic (exact) mass is 761 g/mol. The number of nitrogens with zero attached hydrogens (tertiary/aromatic N) is 4. The molecule has 1 amide bonds. The number of hydrogen-bond acceptors (Lipinski definition) is 8. The Morgan fingerprint density at radius 1 is 0.981 bits per heavy atom. The van der Waals surface area contributed by atoms with Gasteiger partial charge in [-0.05, 0) is 80.5 Å². The van der Waals surface area contributed by atoms with E-state index in [1.54, 1.807) is 19.2 Å². The third kappa shape index (κ3) is 7.65. The molecule has 8 rings (SSSR count). The summed E-state index contributed by atoms with van der Waals surface area (Å²) in [5.41, 5.74) is 4.87. The molecule has 0 saturated carbocycles. The van der Waals surface area contributed by atoms with Crippen molar-refractivity contribution in [3.8, 4) is 28.3 Å². The maximum absolute atomic E-state index is 13.7. The van der Waals surface area contributed by atoms with Gasteiger partial charge in [-0.15, -0.1) is 0 Å². The highest BCUT2D eigenvalue weighted by atomic mass is 35.5. The second kappa shape index (κ2) is 15.8. The first-order valence-electron chi connectivity index (χ1n) is 18.1. The zero-order valence-corrected chi connectivity index (χ0v) is 31.6. The van der Waals surface area contributed by atoms with Crippen molar-refractivity contribution in [3.05, 3.63) is 92.5 Å². The molecule has 284 valence electrons. The average Bonchev–Trinajstić information content (AvgIpc) is 3.92. The van der Waals surface area contributed by atoms with E-state index in [0.29, 0.717) is 27.8 Å². The van der Waals surface area contributed by atoms with E-state index in [1.807, 2.05) is 45.0 Å². The number of halogens is 4. The summed E-state index contributed by atoms with van der Waals surface area (Å²) in [6.45, 7) is 7.85. The number of nitrogens with one attached hydrogen (secondary N) is 3. The number of aryl methyl sites for hydroxylation is 2. The summed E-state index contributed by atoms with van der Waals surface area (Å²) in [5, 5.41) is 13.7. The Labute approximate surface area is 316 Å². The van der Waals surface area contributed by atoms with Crippen LogP contribution in [0, 0.1) is 6.92 Å². The molecule has 5 heterocycles. The molecule has 2 aliphatic heterocycles. The van der Waals surface area contributed by atoms with Crippen LogP contribution >= 0.6 is 11.6 Å². The molecule has 5 aromatic rings. The number of aromatic nitrogens is 4. The van der Waals surface area contributed by atoms with Gasteiger partial charge in [-0.25, -0.2) is 14.6 Å². The van der Waals surface area contributed by atoms with E-state index in [0.717, 1.165) is 84.6 Å². The van der Waals surface area contributed by atoms with Gasteiger partial charge in [-0.1, -0.05) is 55.8 Å². The molecule has 3 N–H and O–H groups in total. The minimum Gasteiger partial charge on any atom is -0.481 e. The normalized spacial score (nSPS) is 17.4. The Balaban J connectivity index is 0.000000353. The van der Waals surface area contributed by atoms with Gasteiger partial charge in [0.05, 0.1) is 34.9 Å². The number of carbonyl (C=O) groups is 1. The van der Waals surface area contributed by atoms with Gasteiger partial charge >= 0.3 is 6.18 Å². The van der Waals surface area contributed by atoms with Crippen LogP contribution in [0.5, 0.6) is 5.88 Å². The quantitative estimate of drug-likeness (QED) is 0.165. The Morgan fingerprint density at radius 3 is 2.41 bits per heavy atom. The molecule has 1 aliphatic carbocycles. The Morgan fingerprint density at radius 2 is 1.72 bits per heavy atom.